The molecular weight excluding hydrogens is 494 g/mol. The summed E-state index contributed by atoms with van der Waals surface area (Å²) >= 11 is 0. The zero-order chi connectivity index (χ0) is 13.6. The fourth-order valence-electron chi connectivity index (χ4n) is 0.370. The van der Waals surface area contributed by atoms with Gasteiger partial charge in [-0.2, -0.15) is 14.8 Å². The van der Waals surface area contributed by atoms with Crippen molar-refractivity contribution < 1.29 is 66.4 Å². The van der Waals surface area contributed by atoms with Gasteiger partial charge in [0.1, 0.15) is 5.92 Å². The van der Waals surface area contributed by atoms with Crippen LogP contribution in [0.3, 0.4) is 0 Å². The Morgan fingerprint density at radius 3 is 1.71 bits per heavy atom. The van der Waals surface area contributed by atoms with Crippen LogP contribution in [-0.4, -0.2) is 30.4 Å². The average molecular weight is 502 g/mol. The molecule has 0 aromatic heterocycles. The van der Waals surface area contributed by atoms with Gasteiger partial charge in [-0.05, 0) is 13.2 Å². The van der Waals surface area contributed by atoms with Gasteiger partial charge in [0.25, 0.3) is 5.25 Å². The summed E-state index contributed by atoms with van der Waals surface area (Å²) in [5.74, 6) is -3.97. The molecule has 0 bridgehead atoms. The third kappa shape index (κ3) is 12.3. The quantitative estimate of drug-likeness (QED) is 0.275. The Kier molecular flexibility index (Phi) is 10.8. The van der Waals surface area contributed by atoms with E-state index in [9.17, 15) is 26.0 Å². The first-order valence-corrected chi connectivity index (χ1v) is 4.89. The van der Waals surface area contributed by atoms with Crippen LogP contribution < -0.4 is 0 Å². The molecule has 0 spiro atoms. The van der Waals surface area contributed by atoms with Gasteiger partial charge in [0.2, 0.25) is 0 Å². The van der Waals surface area contributed by atoms with E-state index < -0.39 is 27.7 Å². The first-order chi connectivity index (χ1) is 6.87. The van der Waals surface area contributed by atoms with Crippen LogP contribution in [-0.2, 0) is 14.9 Å². The Bertz CT molecular complexity index is 330. The van der Waals surface area contributed by atoms with E-state index in [0.717, 1.165) is 6.08 Å². The van der Waals surface area contributed by atoms with Gasteiger partial charge in [0.15, 0.2) is 0 Å². The molecule has 0 fully saturated rings. The molecule has 0 atom stereocenters. The van der Waals surface area contributed by atoms with E-state index in [1.54, 1.807) is 0 Å². The molecule has 0 amide bonds. The minimum Gasteiger partial charge on any atom is -0.419 e. The third-order valence-electron chi connectivity index (χ3n) is 0.849. The van der Waals surface area contributed by atoms with Gasteiger partial charge in [-0.25, -0.2) is 30.2 Å². The van der Waals surface area contributed by atoms with Crippen molar-refractivity contribution in [2.45, 2.75) is 18.1 Å². The summed E-state index contributed by atoms with van der Waals surface area (Å²) in [6, 6.07) is 0. The zero-order valence-corrected chi connectivity index (χ0v) is 13.4. The number of alkyl halides is 4. The average Bonchev–Trinajstić information content (AvgIpc) is 1.98. The summed E-state index contributed by atoms with van der Waals surface area (Å²) in [6.07, 6.45) is 1.47. The molecule has 0 unspecified atom stereocenters. The van der Waals surface area contributed by atoms with Crippen LogP contribution in [0.5, 0.6) is 0 Å². The monoisotopic (exact) mass is 502 g/mol. The van der Waals surface area contributed by atoms with Crippen molar-refractivity contribution in [3.63, 3.8) is 0 Å². The molecule has 17 heavy (non-hydrogen) atoms. The minimum absolute atomic E-state index is 0. The second-order valence-corrected chi connectivity index (χ2v) is 3.95. The van der Waals surface area contributed by atoms with E-state index in [0.29, 0.717) is 0 Å². The van der Waals surface area contributed by atoms with Crippen LogP contribution in [0.1, 0.15) is 6.92 Å². The third-order valence-corrected chi connectivity index (χ3v) is 1.65. The first-order valence-electron chi connectivity index (χ1n) is 3.45. The molecule has 0 aromatic rings. The van der Waals surface area contributed by atoms with Crippen LogP contribution in [0.4, 0.5) is 17.6 Å². The Morgan fingerprint density at radius 1 is 1.35 bits per heavy atom. The topological polar surface area (TPSA) is 71.4 Å². The largest absolute Gasteiger partial charge is 2.00 e. The summed E-state index contributed by atoms with van der Waals surface area (Å²) in [6.45, 7) is 3.13. The van der Waals surface area contributed by atoms with E-state index in [1.807, 2.05) is 0 Å². The summed E-state index contributed by atoms with van der Waals surface area (Å²) in [4.78, 5) is 8.93. The maximum atomic E-state index is 12.1. The van der Waals surface area contributed by atoms with E-state index in [2.05, 4.69) is 6.58 Å². The van der Waals surface area contributed by atoms with Crippen molar-refractivity contribution in [1.29, 1.82) is 0 Å². The summed E-state index contributed by atoms with van der Waals surface area (Å²) in [5.41, 5.74) is 0. The van der Waals surface area contributed by atoms with Crippen molar-refractivity contribution in [3.8, 4) is 0 Å². The van der Waals surface area contributed by atoms with Crippen LogP contribution >= 0.6 is 0 Å². The molecule has 4 nitrogen and oxygen atoms in total. The number of carbonyl (C=O) groups excluding carboxylic acids is 1. The second kappa shape index (κ2) is 8.24. The predicted molar refractivity (Wildman–Crippen MR) is 47.3 cm³/mol. The Morgan fingerprint density at radius 2 is 1.65 bits per heavy atom. The summed E-state index contributed by atoms with van der Waals surface area (Å²) in [5, 5.41) is -4.93. The maximum absolute atomic E-state index is 12.1. The molecule has 10 heteroatoms. The van der Waals surface area contributed by atoms with Crippen molar-refractivity contribution in [1.82, 2.24) is 0 Å². The number of allylic oxidation sites excluding steroid dienone is 1. The van der Waals surface area contributed by atoms with E-state index >= 15 is 0 Å². The predicted octanol–water partition coefficient (Wildman–Crippen LogP) is 1.61. The second-order valence-electron chi connectivity index (χ2n) is 2.46. The van der Waals surface area contributed by atoms with E-state index in [4.69, 9.17) is 9.35 Å². The molecule has 0 aliphatic heterocycles. The fraction of sp³-hybridized carbons (Fsp3) is 0.429. The number of rotatable bonds is 4. The number of halogens is 4. The normalized spacial score (nSPS) is 11.6. The van der Waals surface area contributed by atoms with Gasteiger partial charge >= 0.3 is 41.2 Å². The van der Waals surface area contributed by atoms with Gasteiger partial charge in [0, 0.05) is 0 Å². The Hall–Kier alpha value is 0.0919. The molecule has 0 saturated heterocycles. The standard InChI is InChI=1S/C4H5F4O3S.C3H3O.U/c1-3(5,6)2-4(7,8)12(9,10)11;1-2-3-4;/h2H,1H3,(H,9,10,11);2H,1H2;/q2*-1;+2. The Labute approximate surface area is 120 Å². The van der Waals surface area contributed by atoms with Gasteiger partial charge in [-0.1, -0.05) is 0 Å². The molecule has 0 saturated carbocycles. The molecular formula is C7H8F4O4SU. The number of hydrogen-bond acceptors (Lipinski definition) is 3. The molecule has 0 heterocycles. The van der Waals surface area contributed by atoms with E-state index in [-0.39, 0.29) is 38.0 Å². The molecule has 0 rings (SSSR count). The van der Waals surface area contributed by atoms with E-state index in [1.165, 1.54) is 6.29 Å². The molecule has 1 N–H and O–H groups in total. The van der Waals surface area contributed by atoms with Gasteiger partial charge in [-0.15, -0.1) is 0 Å². The summed E-state index contributed by atoms with van der Waals surface area (Å²) < 4.78 is 75.1. The van der Waals surface area contributed by atoms with Crippen LogP contribution in [0.15, 0.2) is 12.7 Å². The van der Waals surface area contributed by atoms with Crippen molar-refractivity contribution in [2.75, 3.05) is 0 Å². The molecule has 98 valence electrons. The van der Waals surface area contributed by atoms with Crippen molar-refractivity contribution in [3.05, 3.63) is 19.1 Å². The van der Waals surface area contributed by atoms with Crippen LogP contribution in [0, 0.1) is 37.5 Å². The number of hydrogen-bond donors (Lipinski definition) is 1. The summed E-state index contributed by atoms with van der Waals surface area (Å²) in [7, 11) is -5.80. The molecule has 0 aliphatic carbocycles. The minimum atomic E-state index is -5.80. The molecule has 0 radical (unpaired) electrons. The fourth-order valence-corrected chi connectivity index (χ4v) is 0.725. The maximum Gasteiger partial charge on any atom is 2.00 e. The Balaban J connectivity index is -0.000000340. The van der Waals surface area contributed by atoms with Crippen molar-refractivity contribution in [2.24, 2.45) is 0 Å². The zero-order valence-electron chi connectivity index (χ0n) is 8.45. The molecule has 0 aliphatic rings. The van der Waals surface area contributed by atoms with Gasteiger partial charge in [-0.3, -0.25) is 4.55 Å². The van der Waals surface area contributed by atoms with Crippen LogP contribution in [0.2, 0.25) is 0 Å². The van der Waals surface area contributed by atoms with Gasteiger partial charge < -0.3 is 4.79 Å². The van der Waals surface area contributed by atoms with Crippen molar-refractivity contribution >= 4 is 16.4 Å². The molecule has 0 aromatic carbocycles. The first kappa shape index (κ1) is 22.3. The SMILES string of the molecule is C=C[C-]=O.CC(F)(F)[CH-]C(F)(F)S(=O)(=O)O.[U+2]. The smallest absolute Gasteiger partial charge is 0.419 e. The van der Waals surface area contributed by atoms with Gasteiger partial charge in [0.05, 0.1) is 0 Å². The van der Waals surface area contributed by atoms with Crippen LogP contribution in [0.25, 0.3) is 0 Å².